The van der Waals surface area contributed by atoms with Crippen LogP contribution in [0.4, 0.5) is 0 Å². The Labute approximate surface area is 138 Å². The van der Waals surface area contributed by atoms with E-state index in [1.165, 1.54) is 24.3 Å². The van der Waals surface area contributed by atoms with E-state index in [4.69, 9.17) is 27.9 Å². The maximum absolute atomic E-state index is 12.0. The van der Waals surface area contributed by atoms with Gasteiger partial charge in [0.1, 0.15) is 6.61 Å². The molecule has 22 heavy (non-hydrogen) atoms. The maximum atomic E-state index is 12.0. The van der Waals surface area contributed by atoms with Gasteiger partial charge in [-0.3, -0.25) is 0 Å². The van der Waals surface area contributed by atoms with E-state index >= 15 is 0 Å². The van der Waals surface area contributed by atoms with Crippen molar-refractivity contribution in [1.29, 1.82) is 0 Å². The van der Waals surface area contributed by atoms with Crippen LogP contribution in [0.1, 0.15) is 15.9 Å². The van der Waals surface area contributed by atoms with Gasteiger partial charge in [-0.25, -0.2) is 13.2 Å². The van der Waals surface area contributed by atoms with Crippen LogP contribution in [0.15, 0.2) is 47.4 Å². The summed E-state index contributed by atoms with van der Waals surface area (Å²) in [5.41, 5.74) is 0.643. The van der Waals surface area contributed by atoms with Crippen LogP contribution in [-0.4, -0.2) is 20.6 Å². The van der Waals surface area contributed by atoms with Gasteiger partial charge in [-0.1, -0.05) is 35.3 Å². The molecule has 0 amide bonds. The highest BCUT2D eigenvalue weighted by atomic mass is 35.5. The van der Waals surface area contributed by atoms with Crippen molar-refractivity contribution in [1.82, 2.24) is 0 Å². The molecular formula is C15H12Cl2O4S. The molecule has 2 aromatic rings. The molecular weight excluding hydrogens is 347 g/mol. The van der Waals surface area contributed by atoms with Gasteiger partial charge < -0.3 is 4.74 Å². The Morgan fingerprint density at radius 1 is 1.09 bits per heavy atom. The number of carbonyl (C=O) groups excluding carboxylic acids is 1. The van der Waals surface area contributed by atoms with Gasteiger partial charge in [0, 0.05) is 21.9 Å². The first-order valence-electron chi connectivity index (χ1n) is 6.19. The van der Waals surface area contributed by atoms with Crippen molar-refractivity contribution in [2.45, 2.75) is 11.5 Å². The van der Waals surface area contributed by atoms with E-state index < -0.39 is 15.8 Å². The summed E-state index contributed by atoms with van der Waals surface area (Å²) in [5.74, 6) is -0.651. The molecule has 0 spiro atoms. The predicted octanol–water partition coefficient (Wildman–Crippen LogP) is 3.75. The first-order chi connectivity index (χ1) is 10.3. The van der Waals surface area contributed by atoms with E-state index in [0.29, 0.717) is 15.6 Å². The number of hydrogen-bond acceptors (Lipinski definition) is 4. The van der Waals surface area contributed by atoms with E-state index in [1.807, 2.05) is 0 Å². The van der Waals surface area contributed by atoms with Gasteiger partial charge in [-0.05, 0) is 30.3 Å². The van der Waals surface area contributed by atoms with Gasteiger partial charge in [0.2, 0.25) is 0 Å². The number of rotatable bonds is 4. The topological polar surface area (TPSA) is 60.4 Å². The highest BCUT2D eigenvalue weighted by molar-refractivity contribution is 7.90. The third-order valence-electron chi connectivity index (χ3n) is 2.91. The Morgan fingerprint density at radius 3 is 2.27 bits per heavy atom. The lowest BCUT2D eigenvalue weighted by Crippen LogP contribution is -2.07. The zero-order valence-electron chi connectivity index (χ0n) is 11.5. The molecule has 0 fully saturated rings. The van der Waals surface area contributed by atoms with Crippen molar-refractivity contribution in [3.8, 4) is 0 Å². The fraction of sp³-hybridized carbons (Fsp3) is 0.133. The van der Waals surface area contributed by atoms with Crippen LogP contribution in [0.2, 0.25) is 10.0 Å². The van der Waals surface area contributed by atoms with Gasteiger partial charge in [0.05, 0.1) is 10.5 Å². The molecule has 0 radical (unpaired) electrons. The van der Waals surface area contributed by atoms with Crippen LogP contribution in [-0.2, 0) is 21.2 Å². The summed E-state index contributed by atoms with van der Waals surface area (Å²) in [7, 11) is -3.39. The lowest BCUT2D eigenvalue weighted by atomic mass is 10.2. The summed E-state index contributed by atoms with van der Waals surface area (Å²) in [5, 5.41) is 0.787. The first kappa shape index (κ1) is 16.8. The lowest BCUT2D eigenvalue weighted by Gasteiger charge is -2.09. The summed E-state index contributed by atoms with van der Waals surface area (Å²) in [6, 6.07) is 10.6. The van der Waals surface area contributed by atoms with Gasteiger partial charge in [0.15, 0.2) is 9.84 Å². The molecule has 0 bridgehead atoms. The molecule has 116 valence electrons. The summed E-state index contributed by atoms with van der Waals surface area (Å²) < 4.78 is 28.1. The number of hydrogen-bond donors (Lipinski definition) is 0. The van der Waals surface area contributed by atoms with Gasteiger partial charge in [-0.15, -0.1) is 0 Å². The van der Waals surface area contributed by atoms with E-state index in [2.05, 4.69) is 0 Å². The zero-order chi connectivity index (χ0) is 16.3. The average Bonchev–Trinajstić information content (AvgIpc) is 2.46. The summed E-state index contributed by atoms with van der Waals surface area (Å²) in [4.78, 5) is 12.1. The van der Waals surface area contributed by atoms with Crippen LogP contribution in [0.3, 0.4) is 0 Å². The Bertz CT molecular complexity index is 796. The Kier molecular flexibility index (Phi) is 5.11. The third kappa shape index (κ3) is 4.00. The van der Waals surface area contributed by atoms with Crippen molar-refractivity contribution >= 4 is 39.0 Å². The molecule has 4 nitrogen and oxygen atoms in total. The van der Waals surface area contributed by atoms with Crippen molar-refractivity contribution in [3.63, 3.8) is 0 Å². The second-order valence-electron chi connectivity index (χ2n) is 4.58. The number of halogens is 2. The number of benzene rings is 2. The van der Waals surface area contributed by atoms with Crippen molar-refractivity contribution < 1.29 is 17.9 Å². The first-order valence-corrected chi connectivity index (χ1v) is 8.84. The quantitative estimate of drug-likeness (QED) is 0.780. The van der Waals surface area contributed by atoms with Crippen molar-refractivity contribution in [2.75, 3.05) is 6.26 Å². The molecule has 2 aromatic carbocycles. The van der Waals surface area contributed by atoms with Crippen LogP contribution >= 0.6 is 23.2 Å². The van der Waals surface area contributed by atoms with E-state index in [9.17, 15) is 13.2 Å². The second-order valence-corrected chi connectivity index (χ2v) is 7.41. The molecule has 0 aliphatic carbocycles. The summed E-state index contributed by atoms with van der Waals surface area (Å²) in [6.45, 7) is -0.0968. The highest BCUT2D eigenvalue weighted by Crippen LogP contribution is 2.25. The molecule has 0 atom stereocenters. The highest BCUT2D eigenvalue weighted by Gasteiger charge is 2.14. The minimum Gasteiger partial charge on any atom is -0.457 e. The fourth-order valence-corrected chi connectivity index (χ4v) is 2.92. The molecule has 0 saturated carbocycles. The zero-order valence-corrected chi connectivity index (χ0v) is 13.9. The minimum atomic E-state index is -3.39. The maximum Gasteiger partial charge on any atom is 0.338 e. The Hall–Kier alpha value is -1.56. The fourth-order valence-electron chi connectivity index (χ4n) is 1.74. The Morgan fingerprint density at radius 2 is 1.68 bits per heavy atom. The van der Waals surface area contributed by atoms with Crippen LogP contribution in [0.25, 0.3) is 0 Å². The monoisotopic (exact) mass is 358 g/mol. The van der Waals surface area contributed by atoms with Gasteiger partial charge in [-0.2, -0.15) is 0 Å². The second kappa shape index (κ2) is 6.69. The van der Waals surface area contributed by atoms with Crippen LogP contribution in [0, 0.1) is 0 Å². The average molecular weight is 359 g/mol. The smallest absolute Gasteiger partial charge is 0.338 e. The lowest BCUT2D eigenvalue weighted by molar-refractivity contribution is 0.0472. The third-order valence-corrected chi connectivity index (χ3v) is 4.73. The molecule has 0 aliphatic heterocycles. The number of ether oxygens (including phenoxy) is 1. The summed E-state index contributed by atoms with van der Waals surface area (Å²) >= 11 is 12.0. The minimum absolute atomic E-state index is 0.0534. The molecule has 0 unspecified atom stereocenters. The largest absolute Gasteiger partial charge is 0.457 e. The molecule has 0 aliphatic rings. The molecule has 0 heterocycles. The molecule has 0 aromatic heterocycles. The predicted molar refractivity (Wildman–Crippen MR) is 85.1 cm³/mol. The molecule has 0 N–H and O–H groups in total. The van der Waals surface area contributed by atoms with E-state index in [1.54, 1.807) is 18.2 Å². The molecule has 0 saturated heterocycles. The normalized spacial score (nSPS) is 11.2. The van der Waals surface area contributed by atoms with Crippen molar-refractivity contribution in [2.24, 2.45) is 0 Å². The summed E-state index contributed by atoms with van der Waals surface area (Å²) in [6.07, 6.45) is 1.07. The van der Waals surface area contributed by atoms with Gasteiger partial charge in [0.25, 0.3) is 0 Å². The number of carbonyl (C=O) groups is 1. The van der Waals surface area contributed by atoms with Crippen LogP contribution < -0.4 is 0 Å². The number of sulfone groups is 1. The molecule has 7 heteroatoms. The molecule has 2 rings (SSSR count). The van der Waals surface area contributed by atoms with Crippen molar-refractivity contribution in [3.05, 3.63) is 63.6 Å². The van der Waals surface area contributed by atoms with Crippen LogP contribution in [0.5, 0.6) is 0 Å². The van der Waals surface area contributed by atoms with E-state index in [0.717, 1.165) is 6.26 Å². The van der Waals surface area contributed by atoms with Gasteiger partial charge >= 0.3 is 5.97 Å². The standard InChI is InChI=1S/C15H12Cl2O4S/c1-22(19,20)11-5-2-4-10(8-11)15(18)21-9-12-13(16)6-3-7-14(12)17/h2-8H,9H2,1H3. The van der Waals surface area contributed by atoms with E-state index in [-0.39, 0.29) is 17.1 Å². The Balaban J connectivity index is 2.17. The number of esters is 1. The SMILES string of the molecule is CS(=O)(=O)c1cccc(C(=O)OCc2c(Cl)cccc2Cl)c1.